The molecule has 0 aliphatic rings. The van der Waals surface area contributed by atoms with E-state index in [0.29, 0.717) is 0 Å². The lowest BCUT2D eigenvalue weighted by Crippen LogP contribution is -1.78. The van der Waals surface area contributed by atoms with Crippen molar-refractivity contribution in [2.45, 2.75) is 13.8 Å². The summed E-state index contributed by atoms with van der Waals surface area (Å²) in [6.45, 7) is 8.24. The van der Waals surface area contributed by atoms with Crippen LogP contribution >= 0.6 is 11.3 Å². The van der Waals surface area contributed by atoms with Crippen molar-refractivity contribution in [2.75, 3.05) is 0 Å². The van der Waals surface area contributed by atoms with E-state index >= 15 is 0 Å². The van der Waals surface area contributed by atoms with Crippen molar-refractivity contribution in [1.82, 2.24) is 0 Å². The predicted octanol–water partition coefficient (Wildman–Crippen LogP) is 4.76. The fourth-order valence-corrected chi connectivity index (χ4v) is 2.62. The van der Waals surface area contributed by atoms with E-state index in [1.54, 1.807) is 0 Å². The zero-order chi connectivity index (χ0) is 10.8. The van der Waals surface area contributed by atoms with Gasteiger partial charge in [0.25, 0.3) is 0 Å². The fraction of sp³-hybridized carbons (Fsp3) is 0.143. The highest BCUT2D eigenvalue weighted by molar-refractivity contribution is 7.13. The van der Waals surface area contributed by atoms with Gasteiger partial charge in [0.2, 0.25) is 0 Å². The van der Waals surface area contributed by atoms with Crippen LogP contribution in [0, 0.1) is 6.92 Å². The van der Waals surface area contributed by atoms with Crippen molar-refractivity contribution < 1.29 is 0 Å². The second-order valence-electron chi connectivity index (χ2n) is 3.75. The van der Waals surface area contributed by atoms with Gasteiger partial charge in [0.15, 0.2) is 0 Å². The Morgan fingerprint density at radius 1 is 1.20 bits per heavy atom. The molecule has 1 heterocycles. The molecular formula is C14H14S. The predicted molar refractivity (Wildman–Crippen MR) is 69.2 cm³/mol. The topological polar surface area (TPSA) is 0 Å². The van der Waals surface area contributed by atoms with Gasteiger partial charge in [-0.25, -0.2) is 0 Å². The Bertz CT molecular complexity index is 477. The summed E-state index contributed by atoms with van der Waals surface area (Å²) < 4.78 is 0. The number of allylic oxidation sites excluding steroid dienone is 1. The first-order valence-electron chi connectivity index (χ1n) is 5.00. The number of thiophene rings is 1. The molecule has 0 spiro atoms. The smallest absolute Gasteiger partial charge is 0.0374 e. The van der Waals surface area contributed by atoms with Crippen LogP contribution in [0.5, 0.6) is 0 Å². The van der Waals surface area contributed by atoms with Gasteiger partial charge in [0.1, 0.15) is 0 Å². The Morgan fingerprint density at radius 3 is 2.47 bits per heavy atom. The van der Waals surface area contributed by atoms with Gasteiger partial charge in [-0.1, -0.05) is 36.9 Å². The van der Waals surface area contributed by atoms with E-state index in [1.807, 2.05) is 17.4 Å². The molecule has 0 unspecified atom stereocenters. The summed E-state index contributed by atoms with van der Waals surface area (Å²) in [5, 5.41) is 0. The molecular weight excluding hydrogens is 200 g/mol. The van der Waals surface area contributed by atoms with Crippen molar-refractivity contribution in [3.63, 3.8) is 0 Å². The maximum atomic E-state index is 4.04. The minimum atomic E-state index is 1.15. The number of rotatable bonds is 2. The Hall–Kier alpha value is -1.34. The van der Waals surface area contributed by atoms with E-state index in [0.717, 1.165) is 5.57 Å². The van der Waals surface area contributed by atoms with Gasteiger partial charge < -0.3 is 0 Å². The molecule has 0 saturated carbocycles. The molecule has 0 amide bonds. The lowest BCUT2D eigenvalue weighted by Gasteiger charge is -2.02. The van der Waals surface area contributed by atoms with Gasteiger partial charge in [-0.2, -0.15) is 0 Å². The second kappa shape index (κ2) is 4.03. The van der Waals surface area contributed by atoms with Crippen LogP contribution < -0.4 is 0 Å². The lowest BCUT2D eigenvalue weighted by atomic mass is 10.0. The Balaban J connectivity index is 2.58. The minimum Gasteiger partial charge on any atom is -0.140 e. The maximum absolute atomic E-state index is 4.04. The van der Waals surface area contributed by atoms with Crippen molar-refractivity contribution in [3.05, 3.63) is 52.7 Å². The van der Waals surface area contributed by atoms with E-state index in [1.165, 1.54) is 20.9 Å². The highest BCUT2D eigenvalue weighted by Crippen LogP contribution is 2.35. The fourth-order valence-electron chi connectivity index (χ4n) is 1.66. The standard InChI is InChI=1S/C14H14S/c1-10(2)14-13(9-11(3)15-14)12-7-5-4-6-8-12/h4-9H,1H2,2-3H3. The van der Waals surface area contributed by atoms with Crippen molar-refractivity contribution in [1.29, 1.82) is 0 Å². The third kappa shape index (κ3) is 2.02. The number of aryl methyl sites for hydroxylation is 1. The summed E-state index contributed by atoms with van der Waals surface area (Å²) in [6.07, 6.45) is 0. The van der Waals surface area contributed by atoms with Crippen LogP contribution in [0.1, 0.15) is 16.7 Å². The molecule has 0 aliphatic carbocycles. The van der Waals surface area contributed by atoms with E-state index in [9.17, 15) is 0 Å². The minimum absolute atomic E-state index is 1.15. The van der Waals surface area contributed by atoms with Crippen LogP contribution in [0.3, 0.4) is 0 Å². The molecule has 2 rings (SSSR count). The van der Waals surface area contributed by atoms with Crippen molar-refractivity contribution in [3.8, 4) is 11.1 Å². The highest BCUT2D eigenvalue weighted by Gasteiger charge is 2.08. The Morgan fingerprint density at radius 2 is 1.87 bits per heavy atom. The molecule has 0 N–H and O–H groups in total. The average molecular weight is 214 g/mol. The van der Waals surface area contributed by atoms with E-state index in [4.69, 9.17) is 0 Å². The summed E-state index contributed by atoms with van der Waals surface area (Å²) in [5.41, 5.74) is 3.73. The molecule has 1 aromatic carbocycles. The Labute approximate surface area is 94.9 Å². The van der Waals surface area contributed by atoms with Crippen LogP contribution in [0.2, 0.25) is 0 Å². The van der Waals surface area contributed by atoms with Gasteiger partial charge in [-0.05, 0) is 31.1 Å². The molecule has 0 nitrogen and oxygen atoms in total. The first-order chi connectivity index (χ1) is 7.18. The quantitative estimate of drug-likeness (QED) is 0.676. The third-order valence-electron chi connectivity index (χ3n) is 2.33. The zero-order valence-corrected chi connectivity index (χ0v) is 9.90. The van der Waals surface area contributed by atoms with Crippen LogP contribution in [0.25, 0.3) is 16.7 Å². The highest BCUT2D eigenvalue weighted by atomic mass is 32.1. The van der Waals surface area contributed by atoms with Crippen LogP contribution in [-0.2, 0) is 0 Å². The monoisotopic (exact) mass is 214 g/mol. The van der Waals surface area contributed by atoms with Crippen LogP contribution in [-0.4, -0.2) is 0 Å². The number of hydrogen-bond acceptors (Lipinski definition) is 1. The summed E-state index contributed by atoms with van der Waals surface area (Å²) >= 11 is 1.82. The number of hydrogen-bond donors (Lipinski definition) is 0. The van der Waals surface area contributed by atoms with Crippen LogP contribution in [0.4, 0.5) is 0 Å². The van der Waals surface area contributed by atoms with Crippen molar-refractivity contribution in [2.24, 2.45) is 0 Å². The molecule has 0 aliphatic heterocycles. The van der Waals surface area contributed by atoms with Gasteiger partial charge in [-0.3, -0.25) is 0 Å². The summed E-state index contributed by atoms with van der Waals surface area (Å²) in [6, 6.07) is 12.7. The molecule has 15 heavy (non-hydrogen) atoms. The summed E-state index contributed by atoms with van der Waals surface area (Å²) in [7, 11) is 0. The normalized spacial score (nSPS) is 10.3. The zero-order valence-electron chi connectivity index (χ0n) is 9.08. The largest absolute Gasteiger partial charge is 0.140 e. The first kappa shape index (κ1) is 10.2. The van der Waals surface area contributed by atoms with E-state index in [-0.39, 0.29) is 0 Å². The second-order valence-corrected chi connectivity index (χ2v) is 5.00. The van der Waals surface area contributed by atoms with Gasteiger partial charge >= 0.3 is 0 Å². The first-order valence-corrected chi connectivity index (χ1v) is 5.82. The van der Waals surface area contributed by atoms with Crippen molar-refractivity contribution >= 4 is 16.9 Å². The third-order valence-corrected chi connectivity index (χ3v) is 3.54. The maximum Gasteiger partial charge on any atom is 0.0374 e. The van der Waals surface area contributed by atoms with Crippen LogP contribution in [0.15, 0.2) is 43.0 Å². The molecule has 0 atom stereocenters. The molecule has 76 valence electrons. The molecule has 1 heteroatoms. The SMILES string of the molecule is C=C(C)c1sc(C)cc1-c1ccccc1. The molecule has 0 radical (unpaired) electrons. The molecule has 0 saturated heterocycles. The Kier molecular flexibility index (Phi) is 2.74. The number of benzene rings is 1. The molecule has 0 bridgehead atoms. The molecule has 1 aromatic heterocycles. The van der Waals surface area contributed by atoms with Gasteiger partial charge in [0, 0.05) is 15.3 Å². The molecule has 2 aromatic rings. The summed E-state index contributed by atoms with van der Waals surface area (Å²) in [5.74, 6) is 0. The van der Waals surface area contributed by atoms with Gasteiger partial charge in [-0.15, -0.1) is 11.3 Å². The van der Waals surface area contributed by atoms with Gasteiger partial charge in [0.05, 0.1) is 0 Å². The summed E-state index contributed by atoms with van der Waals surface area (Å²) in [4.78, 5) is 2.64. The van der Waals surface area contributed by atoms with E-state index < -0.39 is 0 Å². The average Bonchev–Trinajstić information content (AvgIpc) is 2.62. The lowest BCUT2D eigenvalue weighted by molar-refractivity contribution is 1.60. The molecule has 0 fully saturated rings. The van der Waals surface area contributed by atoms with E-state index in [2.05, 4.69) is 50.8 Å².